The van der Waals surface area contributed by atoms with Crippen molar-refractivity contribution in [3.63, 3.8) is 0 Å². The Morgan fingerprint density at radius 1 is 0.250 bits per heavy atom. The number of nitrogens with zero attached hydrogens (tertiary/aromatic N) is 5. The Labute approximate surface area is 345 Å². The van der Waals surface area contributed by atoms with Crippen LogP contribution in [0.25, 0.3) is 121 Å². The van der Waals surface area contributed by atoms with Gasteiger partial charge in [0.15, 0.2) is 17.5 Å². The molecule has 0 amide bonds. The molecule has 60 heavy (non-hydrogen) atoms. The van der Waals surface area contributed by atoms with E-state index >= 15 is 0 Å². The van der Waals surface area contributed by atoms with E-state index in [0.29, 0.717) is 17.5 Å². The molecular formula is C55H33N5. The summed E-state index contributed by atoms with van der Waals surface area (Å²) in [6, 6.07) is 66.8. The molecule has 12 aromatic rings. The third-order valence-electron chi connectivity index (χ3n) is 11.7. The van der Waals surface area contributed by atoms with Gasteiger partial charge in [0.1, 0.15) is 0 Å². The SMILES string of the molecule is c1ccc2cc3c(-c4cc(-c5nc(-c6ccc7cccnc7c6)nc(-c6ccc7cccnc7c6)n5)cc(-c5cccc6cc7ccccc7cc56)c4)cccc3cc2c1. The van der Waals surface area contributed by atoms with E-state index < -0.39 is 0 Å². The van der Waals surface area contributed by atoms with Crippen LogP contribution in [-0.2, 0) is 0 Å². The van der Waals surface area contributed by atoms with Crippen molar-refractivity contribution < 1.29 is 0 Å². The van der Waals surface area contributed by atoms with E-state index in [1.165, 1.54) is 43.1 Å². The largest absolute Gasteiger partial charge is 0.256 e. The van der Waals surface area contributed by atoms with Crippen molar-refractivity contribution in [2.24, 2.45) is 0 Å². The van der Waals surface area contributed by atoms with Gasteiger partial charge in [0.05, 0.1) is 11.0 Å². The quantitative estimate of drug-likeness (QED) is 0.163. The van der Waals surface area contributed by atoms with Crippen LogP contribution < -0.4 is 0 Å². The van der Waals surface area contributed by atoms with Gasteiger partial charge in [-0.15, -0.1) is 0 Å². The molecule has 12 rings (SSSR count). The van der Waals surface area contributed by atoms with Crippen molar-refractivity contribution in [2.75, 3.05) is 0 Å². The van der Waals surface area contributed by atoms with Crippen LogP contribution in [0.2, 0.25) is 0 Å². The minimum absolute atomic E-state index is 0.573. The van der Waals surface area contributed by atoms with Crippen molar-refractivity contribution in [2.45, 2.75) is 0 Å². The molecule has 0 aliphatic heterocycles. The summed E-state index contributed by atoms with van der Waals surface area (Å²) in [6.07, 6.45) is 3.63. The number of hydrogen-bond donors (Lipinski definition) is 0. The van der Waals surface area contributed by atoms with Crippen molar-refractivity contribution >= 4 is 64.9 Å². The Balaban J connectivity index is 1.13. The van der Waals surface area contributed by atoms with Crippen LogP contribution in [0, 0.1) is 0 Å². The summed E-state index contributed by atoms with van der Waals surface area (Å²) in [4.78, 5) is 25.0. The smallest absolute Gasteiger partial charge is 0.164 e. The number of aromatic nitrogens is 5. The zero-order chi connectivity index (χ0) is 39.6. The van der Waals surface area contributed by atoms with E-state index in [-0.39, 0.29) is 0 Å². The molecule has 0 unspecified atom stereocenters. The molecule has 5 nitrogen and oxygen atoms in total. The predicted octanol–water partition coefficient (Wildman–Crippen LogP) is 13.9. The molecule has 0 bridgehead atoms. The Morgan fingerprint density at radius 3 is 1.13 bits per heavy atom. The van der Waals surface area contributed by atoms with Crippen molar-refractivity contribution in [3.05, 3.63) is 200 Å². The average Bonchev–Trinajstić information content (AvgIpc) is 3.31. The van der Waals surface area contributed by atoms with Gasteiger partial charge in [-0.2, -0.15) is 0 Å². The maximum Gasteiger partial charge on any atom is 0.164 e. The molecule has 3 aromatic heterocycles. The number of benzene rings is 9. The lowest BCUT2D eigenvalue weighted by molar-refractivity contribution is 1.07. The normalized spacial score (nSPS) is 11.7. The van der Waals surface area contributed by atoms with E-state index in [1.54, 1.807) is 0 Å². The van der Waals surface area contributed by atoms with Crippen molar-refractivity contribution in [1.29, 1.82) is 0 Å². The van der Waals surface area contributed by atoms with Gasteiger partial charge in [-0.05, 0) is 132 Å². The highest BCUT2D eigenvalue weighted by molar-refractivity contribution is 6.08. The highest BCUT2D eigenvalue weighted by Gasteiger charge is 2.18. The molecule has 9 aromatic carbocycles. The second-order valence-corrected chi connectivity index (χ2v) is 15.4. The van der Waals surface area contributed by atoms with Crippen LogP contribution in [0.5, 0.6) is 0 Å². The summed E-state index contributed by atoms with van der Waals surface area (Å²) in [5, 5.41) is 11.7. The standard InChI is InChI=1S/C55H33N5/c1-3-11-38-30-49-40(25-36(38)9-1)13-5-17-47(49)44-27-45(48-18-6-14-41-26-37-10-2-4-12-39(37)31-50(41)48)29-46(28-44)55-59-53(42-21-19-34-15-7-23-56-51(34)32-42)58-54(60-55)43-22-20-35-16-8-24-57-52(35)33-43/h1-33H. The van der Waals surface area contributed by atoms with Gasteiger partial charge < -0.3 is 0 Å². The third kappa shape index (κ3) is 5.91. The zero-order valence-corrected chi connectivity index (χ0v) is 32.3. The van der Waals surface area contributed by atoms with Crippen LogP contribution >= 0.6 is 0 Å². The van der Waals surface area contributed by atoms with Gasteiger partial charge in [-0.1, -0.05) is 121 Å². The van der Waals surface area contributed by atoms with Gasteiger partial charge in [0.25, 0.3) is 0 Å². The van der Waals surface area contributed by atoms with Crippen LogP contribution in [0.15, 0.2) is 200 Å². The number of pyridine rings is 2. The fourth-order valence-corrected chi connectivity index (χ4v) is 8.68. The van der Waals surface area contributed by atoms with Crippen LogP contribution in [0.4, 0.5) is 0 Å². The maximum absolute atomic E-state index is 5.28. The fraction of sp³-hybridized carbons (Fsp3) is 0. The zero-order valence-electron chi connectivity index (χ0n) is 32.3. The van der Waals surface area contributed by atoms with E-state index in [2.05, 4.69) is 186 Å². The molecule has 0 radical (unpaired) electrons. The third-order valence-corrected chi connectivity index (χ3v) is 11.7. The minimum Gasteiger partial charge on any atom is -0.256 e. The Bertz CT molecular complexity index is 3450. The minimum atomic E-state index is 0.573. The molecule has 0 aliphatic rings. The summed E-state index contributed by atoms with van der Waals surface area (Å²) >= 11 is 0. The average molecular weight is 764 g/mol. The summed E-state index contributed by atoms with van der Waals surface area (Å²) in [5.41, 5.74) is 8.82. The molecule has 0 atom stereocenters. The first-order valence-corrected chi connectivity index (χ1v) is 20.1. The van der Waals surface area contributed by atoms with Crippen LogP contribution in [0.3, 0.4) is 0 Å². The fourth-order valence-electron chi connectivity index (χ4n) is 8.68. The molecule has 3 heterocycles. The summed E-state index contributed by atoms with van der Waals surface area (Å²) in [5.74, 6) is 1.73. The maximum atomic E-state index is 5.28. The van der Waals surface area contributed by atoms with Gasteiger partial charge >= 0.3 is 0 Å². The van der Waals surface area contributed by atoms with Crippen molar-refractivity contribution in [3.8, 4) is 56.4 Å². The highest BCUT2D eigenvalue weighted by Crippen LogP contribution is 2.40. The van der Waals surface area contributed by atoms with Crippen molar-refractivity contribution in [1.82, 2.24) is 24.9 Å². The van der Waals surface area contributed by atoms with Gasteiger partial charge in [-0.25, -0.2) is 15.0 Å². The first-order valence-electron chi connectivity index (χ1n) is 20.1. The molecule has 0 fully saturated rings. The molecule has 0 saturated heterocycles. The van der Waals surface area contributed by atoms with Crippen LogP contribution in [0.1, 0.15) is 0 Å². The summed E-state index contributed by atoms with van der Waals surface area (Å²) < 4.78 is 0. The molecule has 0 spiro atoms. The summed E-state index contributed by atoms with van der Waals surface area (Å²) in [6.45, 7) is 0. The Hall–Kier alpha value is -8.15. The number of rotatable bonds is 5. The molecule has 0 N–H and O–H groups in total. The van der Waals surface area contributed by atoms with E-state index in [4.69, 9.17) is 15.0 Å². The topological polar surface area (TPSA) is 64.5 Å². The number of fused-ring (bicyclic) bond motifs is 6. The second-order valence-electron chi connectivity index (χ2n) is 15.4. The first kappa shape index (κ1) is 33.9. The van der Waals surface area contributed by atoms with Gasteiger partial charge in [-0.3, -0.25) is 9.97 Å². The number of hydrogen-bond acceptors (Lipinski definition) is 5. The lowest BCUT2D eigenvalue weighted by atomic mass is 9.90. The molecule has 0 saturated carbocycles. The molecule has 278 valence electrons. The van der Waals surface area contributed by atoms with E-state index in [0.717, 1.165) is 60.8 Å². The Kier molecular flexibility index (Phi) is 7.78. The lowest BCUT2D eigenvalue weighted by Crippen LogP contribution is -2.01. The first-order chi connectivity index (χ1) is 29.7. The predicted molar refractivity (Wildman–Crippen MR) is 248 cm³/mol. The molecular weight excluding hydrogens is 731 g/mol. The molecule has 0 aliphatic carbocycles. The Morgan fingerprint density at radius 2 is 0.650 bits per heavy atom. The van der Waals surface area contributed by atoms with E-state index in [9.17, 15) is 0 Å². The van der Waals surface area contributed by atoms with Gasteiger partial charge in [0, 0.05) is 39.9 Å². The monoisotopic (exact) mass is 763 g/mol. The lowest BCUT2D eigenvalue weighted by Gasteiger charge is -2.15. The van der Waals surface area contributed by atoms with Gasteiger partial charge in [0.2, 0.25) is 0 Å². The summed E-state index contributed by atoms with van der Waals surface area (Å²) in [7, 11) is 0. The second kappa shape index (κ2) is 13.8. The van der Waals surface area contributed by atoms with E-state index in [1.807, 2.05) is 24.5 Å². The molecule has 5 heteroatoms. The highest BCUT2D eigenvalue weighted by atomic mass is 15.0. The van der Waals surface area contributed by atoms with Crippen LogP contribution in [-0.4, -0.2) is 24.9 Å².